The van der Waals surface area contributed by atoms with Gasteiger partial charge < -0.3 is 4.74 Å². The molecule has 1 unspecified atom stereocenters. The molecule has 2 heterocycles. The number of carbonyl (C=O) groups is 1. The van der Waals surface area contributed by atoms with Crippen molar-refractivity contribution in [3.8, 4) is 0 Å². The zero-order valence-electron chi connectivity index (χ0n) is 17.3. The van der Waals surface area contributed by atoms with Crippen molar-refractivity contribution in [2.45, 2.75) is 44.9 Å². The number of rotatable bonds is 5. The van der Waals surface area contributed by atoms with Gasteiger partial charge in [-0.1, -0.05) is 11.6 Å². The van der Waals surface area contributed by atoms with Gasteiger partial charge in [-0.25, -0.2) is 9.67 Å². The summed E-state index contributed by atoms with van der Waals surface area (Å²) in [4.78, 5) is 30.1. The third kappa shape index (κ3) is 4.79. The Morgan fingerprint density at radius 2 is 2.00 bits per heavy atom. The van der Waals surface area contributed by atoms with Crippen LogP contribution in [0.1, 0.15) is 24.0 Å². The van der Waals surface area contributed by atoms with E-state index >= 15 is 0 Å². The fourth-order valence-electron chi connectivity index (χ4n) is 3.46. The lowest BCUT2D eigenvalue weighted by atomic mass is 10.1. The Bertz CT molecular complexity index is 1110. The molecule has 2 aromatic rings. The summed E-state index contributed by atoms with van der Waals surface area (Å²) in [5, 5.41) is 0.601. The number of fused-ring (bicyclic) bond motifs is 1. The van der Waals surface area contributed by atoms with Gasteiger partial charge in [0.2, 0.25) is 4.80 Å². The molecule has 0 fully saturated rings. The first-order valence-corrected chi connectivity index (χ1v) is 13.7. The minimum Gasteiger partial charge on any atom is -0.469 e. The van der Waals surface area contributed by atoms with Crippen LogP contribution in [0, 0.1) is 6.92 Å². The van der Waals surface area contributed by atoms with E-state index in [4.69, 9.17) is 21.3 Å². The molecule has 9 heteroatoms. The van der Waals surface area contributed by atoms with Gasteiger partial charge in [0.05, 0.1) is 18.5 Å². The number of methoxy groups -OCH3 is 1. The highest BCUT2D eigenvalue weighted by Crippen LogP contribution is 2.45. The molecule has 0 spiro atoms. The minimum absolute atomic E-state index is 0.0182. The largest absolute Gasteiger partial charge is 0.469 e. The average molecular weight is 456 g/mol. The molecule has 6 nitrogen and oxygen atoms in total. The number of nitrogens with zero attached hydrogens (tertiary/aromatic N) is 3. The summed E-state index contributed by atoms with van der Waals surface area (Å²) in [6.45, 7) is 5.76. The van der Waals surface area contributed by atoms with Crippen LogP contribution in [0.5, 0.6) is 0 Å². The summed E-state index contributed by atoms with van der Waals surface area (Å²) in [6.07, 6.45) is 6.74. The van der Waals surface area contributed by atoms with Gasteiger partial charge in [0.15, 0.2) is 0 Å². The third-order valence-electron chi connectivity index (χ3n) is 5.20. The van der Waals surface area contributed by atoms with Crippen LogP contribution in [0.2, 0.25) is 5.02 Å². The maximum absolute atomic E-state index is 12.3. The number of hydrogen-bond acceptors (Lipinski definition) is 5. The molecule has 1 aliphatic rings. The third-order valence-corrected chi connectivity index (χ3v) is 8.51. The second kappa shape index (κ2) is 8.66. The van der Waals surface area contributed by atoms with Gasteiger partial charge in [0.25, 0.3) is 0 Å². The van der Waals surface area contributed by atoms with Crippen LogP contribution in [0.15, 0.2) is 21.9 Å². The summed E-state index contributed by atoms with van der Waals surface area (Å²) < 4.78 is 8.74. The maximum Gasteiger partial charge on any atom is 0.325 e. The molecule has 3 rings (SSSR count). The Morgan fingerprint density at radius 3 is 2.62 bits per heavy atom. The second-order valence-corrected chi connectivity index (χ2v) is 13.5. The Kier molecular flexibility index (Phi) is 6.61. The summed E-state index contributed by atoms with van der Waals surface area (Å²) in [6, 6.07) is 3.79. The fraction of sp³-hybridized carbons (Fsp3) is 0.500. The van der Waals surface area contributed by atoms with E-state index in [2.05, 4.69) is 6.30 Å². The molecule has 0 radical (unpaired) electrons. The molecule has 0 saturated heterocycles. The van der Waals surface area contributed by atoms with E-state index in [0.29, 0.717) is 16.2 Å². The number of carbonyl (C=O) groups excluding carboxylic acids is 1. The van der Waals surface area contributed by atoms with Gasteiger partial charge in [-0.3, -0.25) is 14.3 Å². The lowest BCUT2D eigenvalue weighted by Gasteiger charge is -2.24. The van der Waals surface area contributed by atoms with E-state index in [1.807, 2.05) is 37.1 Å². The van der Waals surface area contributed by atoms with Crippen molar-refractivity contribution in [3.63, 3.8) is 0 Å². The maximum atomic E-state index is 12.3. The smallest absolute Gasteiger partial charge is 0.325 e. The monoisotopic (exact) mass is 455 g/mol. The molecule has 1 aromatic heterocycles. The number of aryl methyl sites for hydroxylation is 1. The highest BCUT2D eigenvalue weighted by molar-refractivity contribution is 7.73. The van der Waals surface area contributed by atoms with Gasteiger partial charge in [-0.15, -0.1) is 13.2 Å². The van der Waals surface area contributed by atoms with Gasteiger partial charge in [0, 0.05) is 18.1 Å². The Morgan fingerprint density at radius 1 is 1.34 bits per heavy atom. The van der Waals surface area contributed by atoms with E-state index in [1.54, 1.807) is 4.68 Å². The highest BCUT2D eigenvalue weighted by Gasteiger charge is 2.27. The minimum atomic E-state index is -1.75. The number of benzene rings is 1. The molecular weight excluding hydrogens is 429 g/mol. The van der Waals surface area contributed by atoms with Crippen LogP contribution in [0.4, 0.5) is 5.69 Å². The molecule has 1 aromatic carbocycles. The normalized spacial score (nSPS) is 15.8. The zero-order chi connectivity index (χ0) is 21.3. The van der Waals surface area contributed by atoms with Gasteiger partial charge in [0.1, 0.15) is 0 Å². The lowest BCUT2D eigenvalue weighted by molar-refractivity contribution is -0.140. The predicted molar refractivity (Wildman–Crippen MR) is 123 cm³/mol. The summed E-state index contributed by atoms with van der Waals surface area (Å²) in [5.74, 6) is -0.260. The van der Waals surface area contributed by atoms with E-state index in [9.17, 15) is 9.59 Å². The first-order valence-electron chi connectivity index (χ1n) is 9.52. The molecule has 1 atom stereocenters. The van der Waals surface area contributed by atoms with Crippen molar-refractivity contribution in [3.05, 3.63) is 42.8 Å². The average Bonchev–Trinajstić information content (AvgIpc) is 2.97. The molecule has 29 heavy (non-hydrogen) atoms. The van der Waals surface area contributed by atoms with Crippen LogP contribution in [-0.4, -0.2) is 47.7 Å². The van der Waals surface area contributed by atoms with Crippen molar-refractivity contribution >= 4 is 47.8 Å². The second-order valence-electron chi connectivity index (χ2n) is 7.97. The number of halogens is 1. The van der Waals surface area contributed by atoms with E-state index in [0.717, 1.165) is 54.1 Å². The molecule has 158 valence electrons. The summed E-state index contributed by atoms with van der Waals surface area (Å²) >= 11 is 7.67. The van der Waals surface area contributed by atoms with Crippen LogP contribution in [-0.2, 0) is 29.0 Å². The zero-order valence-corrected chi connectivity index (χ0v) is 19.7. The fourth-order valence-corrected chi connectivity index (χ4v) is 6.01. The standard InChI is InChI=1S/C20H27ClN3O3PS/c1-13-10-15(21)14(12-17(18(25)27-2)28(3,4)5)11-16(13)22-19-23-8-6-7-9-24(23)20(26)29-19/h10-11,17H,3,6-9,12H2,1-2,4-5H3. The molecule has 0 N–H and O–H groups in total. The SMILES string of the molecule is C=P(C)(C)C(Cc1cc(N=c2sc(=O)n3n2CCCC3)c(C)cc1Cl)C(=O)OC. The van der Waals surface area contributed by atoms with Crippen molar-refractivity contribution < 1.29 is 9.53 Å². The van der Waals surface area contributed by atoms with Crippen LogP contribution < -0.4 is 9.67 Å². The molecule has 0 bridgehead atoms. The van der Waals surface area contributed by atoms with Gasteiger partial charge >= 0.3 is 10.8 Å². The number of aromatic nitrogens is 2. The van der Waals surface area contributed by atoms with Crippen LogP contribution in [0.3, 0.4) is 0 Å². The summed E-state index contributed by atoms with van der Waals surface area (Å²) in [5.41, 5.74) is 2.20. The van der Waals surface area contributed by atoms with Crippen LogP contribution in [0.25, 0.3) is 0 Å². The first kappa shape index (κ1) is 22.1. The van der Waals surface area contributed by atoms with Gasteiger partial charge in [-0.05, 0) is 74.1 Å². The Balaban J connectivity index is 2.06. The van der Waals surface area contributed by atoms with Crippen LogP contribution >= 0.6 is 29.8 Å². The number of ether oxygens (including phenoxy) is 1. The molecule has 0 saturated carbocycles. The number of hydrogen-bond donors (Lipinski definition) is 0. The number of esters is 1. The van der Waals surface area contributed by atoms with E-state index in [1.165, 1.54) is 7.11 Å². The van der Waals surface area contributed by atoms with Crippen molar-refractivity contribution in [1.29, 1.82) is 0 Å². The lowest BCUT2D eigenvalue weighted by Crippen LogP contribution is -2.31. The van der Waals surface area contributed by atoms with E-state index < -0.39 is 6.89 Å². The molecular formula is C20H27ClN3O3PS. The van der Waals surface area contributed by atoms with Crippen molar-refractivity contribution in [2.75, 3.05) is 20.4 Å². The van der Waals surface area contributed by atoms with Gasteiger partial charge in [-0.2, -0.15) is 0 Å². The molecule has 0 amide bonds. The topological polar surface area (TPSA) is 65.6 Å². The quantitative estimate of drug-likeness (QED) is 0.512. The Hall–Kier alpha value is -1.56. The highest BCUT2D eigenvalue weighted by atomic mass is 35.5. The molecule has 1 aliphatic heterocycles. The molecule has 0 aliphatic carbocycles. The predicted octanol–water partition coefficient (Wildman–Crippen LogP) is 3.49. The first-order chi connectivity index (χ1) is 13.6. The van der Waals surface area contributed by atoms with E-state index in [-0.39, 0.29) is 16.5 Å². The van der Waals surface area contributed by atoms with Crippen molar-refractivity contribution in [2.24, 2.45) is 4.99 Å². The summed E-state index contributed by atoms with van der Waals surface area (Å²) in [7, 11) is 1.40. The Labute approximate surface area is 179 Å². The van der Waals surface area contributed by atoms with Crippen molar-refractivity contribution in [1.82, 2.24) is 9.36 Å².